The van der Waals surface area contributed by atoms with E-state index in [4.69, 9.17) is 4.42 Å². The Morgan fingerprint density at radius 2 is 2.16 bits per heavy atom. The van der Waals surface area contributed by atoms with Crippen LogP contribution in [-0.4, -0.2) is 11.1 Å². The highest BCUT2D eigenvalue weighted by Gasteiger charge is 2.43. The van der Waals surface area contributed by atoms with E-state index in [1.165, 1.54) is 5.56 Å². The molecule has 1 atom stereocenters. The summed E-state index contributed by atoms with van der Waals surface area (Å²) < 4.78 is 5.08. The SMILES string of the molecule is O=C(O)C1(Cc2ccoc2)CCCc2ccccc21. The molecule has 1 aromatic carbocycles. The van der Waals surface area contributed by atoms with Crippen molar-refractivity contribution in [1.29, 1.82) is 0 Å². The van der Waals surface area contributed by atoms with Crippen molar-refractivity contribution in [2.75, 3.05) is 0 Å². The predicted octanol–water partition coefficient (Wildman–Crippen LogP) is 3.18. The van der Waals surface area contributed by atoms with Crippen LogP contribution in [0, 0.1) is 0 Å². The lowest BCUT2D eigenvalue weighted by Crippen LogP contribution is -2.41. The highest BCUT2D eigenvalue weighted by molar-refractivity contribution is 5.83. The van der Waals surface area contributed by atoms with E-state index >= 15 is 0 Å². The molecule has 3 rings (SSSR count). The quantitative estimate of drug-likeness (QED) is 0.917. The van der Waals surface area contributed by atoms with E-state index in [0.29, 0.717) is 12.8 Å². The van der Waals surface area contributed by atoms with E-state index in [-0.39, 0.29) is 0 Å². The van der Waals surface area contributed by atoms with Crippen LogP contribution in [-0.2, 0) is 23.1 Å². The molecule has 3 nitrogen and oxygen atoms in total. The summed E-state index contributed by atoms with van der Waals surface area (Å²) in [5.74, 6) is -0.735. The van der Waals surface area contributed by atoms with E-state index in [0.717, 1.165) is 24.0 Å². The maximum Gasteiger partial charge on any atom is 0.314 e. The van der Waals surface area contributed by atoms with Gasteiger partial charge in [0.1, 0.15) is 0 Å². The van der Waals surface area contributed by atoms with Crippen LogP contribution < -0.4 is 0 Å². The zero-order chi connectivity index (χ0) is 13.3. The standard InChI is InChI=1S/C16H16O3/c17-15(18)16(10-12-7-9-19-11-12)8-3-5-13-4-1-2-6-14(13)16/h1-2,4,6-7,9,11H,3,5,8,10H2,(H,17,18). The number of carboxylic acid groups (broad SMARTS) is 1. The first-order valence-electron chi connectivity index (χ1n) is 6.55. The number of aryl methyl sites for hydroxylation is 1. The average molecular weight is 256 g/mol. The molecule has 1 heterocycles. The third-order valence-electron chi connectivity index (χ3n) is 4.08. The van der Waals surface area contributed by atoms with Gasteiger partial charge >= 0.3 is 5.97 Å². The molecule has 0 saturated heterocycles. The van der Waals surface area contributed by atoms with E-state index in [9.17, 15) is 9.90 Å². The molecular formula is C16H16O3. The van der Waals surface area contributed by atoms with E-state index in [2.05, 4.69) is 0 Å². The van der Waals surface area contributed by atoms with Crippen LogP contribution in [0.5, 0.6) is 0 Å². The normalized spacial score (nSPS) is 21.9. The molecular weight excluding hydrogens is 240 g/mol. The molecule has 0 saturated carbocycles. The lowest BCUT2D eigenvalue weighted by atomic mass is 9.67. The molecule has 1 aliphatic carbocycles. The first-order chi connectivity index (χ1) is 9.22. The zero-order valence-corrected chi connectivity index (χ0v) is 10.6. The van der Waals surface area contributed by atoms with Gasteiger partial charge < -0.3 is 9.52 Å². The van der Waals surface area contributed by atoms with Gasteiger partial charge in [-0.05, 0) is 48.4 Å². The maximum absolute atomic E-state index is 11.9. The Morgan fingerprint density at radius 1 is 1.32 bits per heavy atom. The molecule has 0 amide bonds. The van der Waals surface area contributed by atoms with Gasteiger partial charge in [0, 0.05) is 0 Å². The molecule has 0 spiro atoms. The van der Waals surface area contributed by atoms with Crippen LogP contribution >= 0.6 is 0 Å². The fourth-order valence-corrected chi connectivity index (χ4v) is 3.14. The van der Waals surface area contributed by atoms with Gasteiger partial charge in [0.25, 0.3) is 0 Å². The molecule has 1 N–H and O–H groups in total. The number of carbonyl (C=O) groups is 1. The van der Waals surface area contributed by atoms with Crippen molar-refractivity contribution < 1.29 is 14.3 Å². The second kappa shape index (κ2) is 4.57. The van der Waals surface area contributed by atoms with Crippen LogP contribution in [0.4, 0.5) is 0 Å². The van der Waals surface area contributed by atoms with Crippen LogP contribution in [0.15, 0.2) is 47.3 Å². The topological polar surface area (TPSA) is 50.4 Å². The monoisotopic (exact) mass is 256 g/mol. The van der Waals surface area contributed by atoms with Gasteiger partial charge in [-0.25, -0.2) is 0 Å². The molecule has 0 fully saturated rings. The Labute approximate surface area is 111 Å². The van der Waals surface area contributed by atoms with Gasteiger partial charge in [0.15, 0.2) is 0 Å². The number of benzene rings is 1. The van der Waals surface area contributed by atoms with Crippen molar-refractivity contribution in [2.24, 2.45) is 0 Å². The summed E-state index contributed by atoms with van der Waals surface area (Å²) in [5.41, 5.74) is 2.27. The zero-order valence-electron chi connectivity index (χ0n) is 10.6. The first-order valence-corrected chi connectivity index (χ1v) is 6.55. The summed E-state index contributed by atoms with van der Waals surface area (Å²) in [5, 5.41) is 9.80. The maximum atomic E-state index is 11.9. The fourth-order valence-electron chi connectivity index (χ4n) is 3.14. The van der Waals surface area contributed by atoms with E-state index < -0.39 is 11.4 Å². The second-order valence-corrected chi connectivity index (χ2v) is 5.21. The van der Waals surface area contributed by atoms with Crippen molar-refractivity contribution >= 4 is 5.97 Å². The molecule has 0 radical (unpaired) electrons. The van der Waals surface area contributed by atoms with Gasteiger partial charge in [0.05, 0.1) is 17.9 Å². The van der Waals surface area contributed by atoms with Gasteiger partial charge in [-0.1, -0.05) is 24.3 Å². The Bertz CT molecular complexity index is 586. The average Bonchev–Trinajstić information content (AvgIpc) is 2.91. The largest absolute Gasteiger partial charge is 0.481 e. The molecule has 0 aliphatic heterocycles. The molecule has 0 bridgehead atoms. The molecule has 1 aromatic heterocycles. The summed E-state index contributed by atoms with van der Waals surface area (Å²) in [7, 11) is 0. The van der Waals surface area contributed by atoms with Gasteiger partial charge in [-0.2, -0.15) is 0 Å². The lowest BCUT2D eigenvalue weighted by molar-refractivity contribution is -0.144. The van der Waals surface area contributed by atoms with Gasteiger partial charge in [-0.15, -0.1) is 0 Å². The summed E-state index contributed by atoms with van der Waals surface area (Å²) in [6.07, 6.45) is 6.31. The van der Waals surface area contributed by atoms with Gasteiger partial charge in [-0.3, -0.25) is 4.79 Å². The molecule has 3 heteroatoms. The van der Waals surface area contributed by atoms with Gasteiger partial charge in [0.2, 0.25) is 0 Å². The van der Waals surface area contributed by atoms with Crippen molar-refractivity contribution in [1.82, 2.24) is 0 Å². The van der Waals surface area contributed by atoms with Crippen molar-refractivity contribution in [3.8, 4) is 0 Å². The van der Waals surface area contributed by atoms with Crippen LogP contribution in [0.2, 0.25) is 0 Å². The summed E-state index contributed by atoms with van der Waals surface area (Å²) in [6.45, 7) is 0. The molecule has 1 aliphatic rings. The van der Waals surface area contributed by atoms with Crippen molar-refractivity contribution in [3.05, 3.63) is 59.5 Å². The second-order valence-electron chi connectivity index (χ2n) is 5.21. The number of aliphatic carboxylic acids is 1. The predicted molar refractivity (Wildman–Crippen MR) is 71.1 cm³/mol. The van der Waals surface area contributed by atoms with Crippen molar-refractivity contribution in [2.45, 2.75) is 31.1 Å². The number of hydrogen-bond acceptors (Lipinski definition) is 2. The Balaban J connectivity index is 2.09. The molecule has 2 aromatic rings. The highest BCUT2D eigenvalue weighted by Crippen LogP contribution is 2.40. The molecule has 19 heavy (non-hydrogen) atoms. The number of furan rings is 1. The van der Waals surface area contributed by atoms with Crippen LogP contribution in [0.25, 0.3) is 0 Å². The third kappa shape index (κ3) is 1.95. The van der Waals surface area contributed by atoms with Crippen LogP contribution in [0.1, 0.15) is 29.5 Å². The minimum Gasteiger partial charge on any atom is -0.481 e. The number of rotatable bonds is 3. The Morgan fingerprint density at radius 3 is 2.89 bits per heavy atom. The Hall–Kier alpha value is -2.03. The summed E-state index contributed by atoms with van der Waals surface area (Å²) in [6, 6.07) is 9.76. The smallest absolute Gasteiger partial charge is 0.314 e. The lowest BCUT2D eigenvalue weighted by Gasteiger charge is -2.35. The highest BCUT2D eigenvalue weighted by atomic mass is 16.4. The fraction of sp³-hybridized carbons (Fsp3) is 0.312. The number of hydrogen-bond donors (Lipinski definition) is 1. The van der Waals surface area contributed by atoms with E-state index in [1.807, 2.05) is 30.3 Å². The first kappa shape index (κ1) is 12.0. The molecule has 1 unspecified atom stereocenters. The number of carboxylic acids is 1. The van der Waals surface area contributed by atoms with Crippen molar-refractivity contribution in [3.63, 3.8) is 0 Å². The summed E-state index contributed by atoms with van der Waals surface area (Å²) >= 11 is 0. The minimum atomic E-state index is -0.807. The third-order valence-corrected chi connectivity index (χ3v) is 4.08. The number of fused-ring (bicyclic) bond motifs is 1. The summed E-state index contributed by atoms with van der Waals surface area (Å²) in [4.78, 5) is 11.9. The minimum absolute atomic E-state index is 0.496. The van der Waals surface area contributed by atoms with Crippen LogP contribution in [0.3, 0.4) is 0 Å². The molecule has 98 valence electrons. The van der Waals surface area contributed by atoms with E-state index in [1.54, 1.807) is 12.5 Å². The Kier molecular flexibility index (Phi) is 2.90.